The molecule has 2 unspecified atom stereocenters. The third kappa shape index (κ3) is 71.9. The van der Waals surface area contributed by atoms with Crippen LogP contribution in [0.4, 0.5) is 0 Å². The first kappa shape index (κ1) is 84.8. The van der Waals surface area contributed by atoms with Crippen LogP contribution in [-0.4, -0.2) is 70.0 Å². The van der Waals surface area contributed by atoms with Crippen LogP contribution in [0.2, 0.25) is 0 Å². The Morgan fingerprint density at radius 3 is 0.911 bits per heavy atom. The number of ether oxygens (including phenoxy) is 2. The van der Waals surface area contributed by atoms with Crippen molar-refractivity contribution >= 4 is 19.8 Å². The highest BCUT2D eigenvalue weighted by atomic mass is 31.2. The third-order valence-electron chi connectivity index (χ3n) is 14.1. The van der Waals surface area contributed by atoms with Crippen molar-refractivity contribution in [1.82, 2.24) is 0 Å². The SMILES string of the molecule is CC/C=C\C/C=C\C/C=C\C/C=C\C/C=C\C/C=C\C/C=C\C/C=C\C/C=C\C/C=C\C/C=C\C/C=C\CCCCC(=O)OC(COC(=O)CCCCCCCCCCCCCCCC/C=C\C/C=C\C/C=C\C/C=C\CC)COP(=O)([O-])OCC[N+](C)(C)C. The Balaban J connectivity index is 4.21. The Bertz CT molecular complexity index is 2220. The van der Waals surface area contributed by atoms with Crippen LogP contribution in [0.25, 0.3) is 0 Å². The first-order valence-corrected chi connectivity index (χ1v) is 36.6. The summed E-state index contributed by atoms with van der Waals surface area (Å²) in [4.78, 5) is 38.0. The number of phosphoric acid groups is 1. The fourth-order valence-corrected chi connectivity index (χ4v) is 9.53. The highest BCUT2D eigenvalue weighted by molar-refractivity contribution is 7.45. The predicted molar refractivity (Wildman–Crippen MR) is 387 cm³/mol. The number of hydrogen-bond donors (Lipinski definition) is 0. The molecule has 0 aromatic rings. The summed E-state index contributed by atoms with van der Waals surface area (Å²) in [6.07, 6.45) is 107. The molecule has 0 bridgehead atoms. The van der Waals surface area contributed by atoms with Gasteiger partial charge in [-0.1, -0.05) is 285 Å². The van der Waals surface area contributed by atoms with Crippen molar-refractivity contribution in [3.8, 4) is 0 Å². The fraction of sp³-hybridized carbons (Fsp3) is 0.575. The molecule has 9 nitrogen and oxygen atoms in total. The zero-order valence-corrected chi connectivity index (χ0v) is 58.4. The minimum absolute atomic E-state index is 0.0497. The number of quaternary nitrogens is 1. The predicted octanol–water partition coefficient (Wildman–Crippen LogP) is 22.6. The zero-order valence-electron chi connectivity index (χ0n) is 57.5. The van der Waals surface area contributed by atoms with E-state index >= 15 is 0 Å². The first-order chi connectivity index (χ1) is 44.0. The van der Waals surface area contributed by atoms with E-state index in [-0.39, 0.29) is 26.1 Å². The Kier molecular flexibility index (Phi) is 64.3. The van der Waals surface area contributed by atoms with Gasteiger partial charge >= 0.3 is 11.9 Å². The van der Waals surface area contributed by atoms with Crippen LogP contribution in [0.1, 0.15) is 245 Å². The van der Waals surface area contributed by atoms with Gasteiger partial charge in [0.05, 0.1) is 27.7 Å². The number of esters is 2. The molecule has 0 aliphatic heterocycles. The van der Waals surface area contributed by atoms with E-state index < -0.39 is 32.5 Å². The van der Waals surface area contributed by atoms with Gasteiger partial charge in [0, 0.05) is 12.8 Å². The molecule has 0 aromatic carbocycles. The molecule has 10 heteroatoms. The van der Waals surface area contributed by atoms with Gasteiger partial charge in [-0.2, -0.15) is 0 Å². The number of phosphoric ester groups is 1. The van der Waals surface area contributed by atoms with Crippen molar-refractivity contribution in [2.24, 2.45) is 0 Å². The zero-order chi connectivity index (χ0) is 65.5. The second-order valence-electron chi connectivity index (χ2n) is 23.8. The van der Waals surface area contributed by atoms with Crippen LogP contribution in [0.3, 0.4) is 0 Å². The lowest BCUT2D eigenvalue weighted by Crippen LogP contribution is -2.37. The van der Waals surface area contributed by atoms with Gasteiger partial charge in [0.25, 0.3) is 7.82 Å². The van der Waals surface area contributed by atoms with Crippen LogP contribution in [0.5, 0.6) is 0 Å². The molecule has 0 rings (SSSR count). The van der Waals surface area contributed by atoms with E-state index in [9.17, 15) is 19.0 Å². The number of hydrogen-bond acceptors (Lipinski definition) is 8. The average Bonchev–Trinajstić information content (AvgIpc) is 3.58. The number of rotatable bonds is 62. The molecular weight excluding hydrogens is 1130 g/mol. The molecule has 2 atom stereocenters. The van der Waals surface area contributed by atoms with Crippen LogP contribution in [0.15, 0.2) is 194 Å². The van der Waals surface area contributed by atoms with Crippen LogP contribution in [-0.2, 0) is 32.7 Å². The topological polar surface area (TPSA) is 111 Å². The maximum atomic E-state index is 12.8. The van der Waals surface area contributed by atoms with Crippen LogP contribution < -0.4 is 4.89 Å². The lowest BCUT2D eigenvalue weighted by molar-refractivity contribution is -0.870. The van der Waals surface area contributed by atoms with Gasteiger partial charge in [0.15, 0.2) is 6.10 Å². The lowest BCUT2D eigenvalue weighted by Gasteiger charge is -2.28. The summed E-state index contributed by atoms with van der Waals surface area (Å²) >= 11 is 0. The molecule has 90 heavy (non-hydrogen) atoms. The highest BCUT2D eigenvalue weighted by Crippen LogP contribution is 2.38. The normalized spacial score (nSPS) is 14.3. The number of allylic oxidation sites excluding steroid dienone is 32. The minimum atomic E-state index is -4.67. The Morgan fingerprint density at radius 2 is 0.600 bits per heavy atom. The summed E-state index contributed by atoms with van der Waals surface area (Å²) < 4.78 is 34.2. The summed E-state index contributed by atoms with van der Waals surface area (Å²) in [7, 11) is 1.11. The van der Waals surface area contributed by atoms with Gasteiger partial charge in [-0.05, 0) is 141 Å². The van der Waals surface area contributed by atoms with Gasteiger partial charge in [-0.3, -0.25) is 14.2 Å². The van der Waals surface area contributed by atoms with E-state index in [0.717, 1.165) is 135 Å². The summed E-state index contributed by atoms with van der Waals surface area (Å²) in [5.41, 5.74) is 0. The molecule has 0 fully saturated rings. The van der Waals surface area contributed by atoms with Gasteiger partial charge in [-0.25, -0.2) is 0 Å². The molecule has 0 heterocycles. The quantitative estimate of drug-likeness (QED) is 0.0195. The molecule has 0 aliphatic carbocycles. The van der Waals surface area contributed by atoms with Crippen molar-refractivity contribution in [2.45, 2.75) is 251 Å². The lowest BCUT2D eigenvalue weighted by atomic mass is 10.0. The van der Waals surface area contributed by atoms with E-state index in [1.165, 1.54) is 70.6 Å². The second-order valence-corrected chi connectivity index (χ2v) is 25.2. The number of unbranched alkanes of at least 4 members (excludes halogenated alkanes) is 16. The Labute approximate surface area is 552 Å². The fourth-order valence-electron chi connectivity index (χ4n) is 8.80. The molecule has 0 saturated carbocycles. The maximum Gasteiger partial charge on any atom is 0.306 e. The second kappa shape index (κ2) is 68.2. The van der Waals surface area contributed by atoms with E-state index in [2.05, 4.69) is 208 Å². The molecule has 0 saturated heterocycles. The van der Waals surface area contributed by atoms with E-state index in [1.54, 1.807) is 0 Å². The van der Waals surface area contributed by atoms with E-state index in [1.807, 2.05) is 21.1 Å². The van der Waals surface area contributed by atoms with Crippen molar-refractivity contribution in [2.75, 3.05) is 47.5 Å². The van der Waals surface area contributed by atoms with Crippen molar-refractivity contribution in [3.05, 3.63) is 194 Å². The van der Waals surface area contributed by atoms with Gasteiger partial charge < -0.3 is 27.9 Å². The van der Waals surface area contributed by atoms with Gasteiger partial charge in [0.1, 0.15) is 19.8 Å². The standard InChI is InChI=1S/C80H128NO8P/c1-6-8-10-12-14-16-18-20-22-24-26-28-30-32-34-35-36-37-38-39-40-41-42-43-44-45-47-49-51-53-55-57-59-61-63-65-67-69-71-73-80(83)89-78(77-88-90(84,85)87-75-74-81(3,4)5)76-86-79(82)72-70-68-66-64-62-60-58-56-54-52-50-48-46-33-31-29-27-25-23-21-19-17-15-13-11-9-7-2/h8-11,14-17,20-23,26-29,32,34,36-37,39-40,42-43,45,47,51,53,57,59,63,65,78H,6-7,12-13,18-19,24-25,30-31,33,35,38,41,44,46,48-50,52,54-56,58,60-62,64,66-77H2,1-5H3/b10-8-,11-9-,16-14-,17-15-,22-20-,23-21-,28-26-,29-27-,34-32-,37-36-,40-39-,43-42-,47-45-,53-51-,59-57-,65-63-. The van der Waals surface area contributed by atoms with E-state index in [4.69, 9.17) is 18.5 Å². The molecule has 0 N–H and O–H groups in total. The largest absolute Gasteiger partial charge is 0.756 e. The minimum Gasteiger partial charge on any atom is -0.756 e. The molecule has 506 valence electrons. The Morgan fingerprint density at radius 1 is 0.344 bits per heavy atom. The summed E-state index contributed by atoms with van der Waals surface area (Å²) in [5, 5.41) is 0. The summed E-state index contributed by atoms with van der Waals surface area (Å²) in [6, 6.07) is 0. The molecule has 0 aromatic heterocycles. The number of carbonyl (C=O) groups excluding carboxylic acids is 2. The van der Waals surface area contributed by atoms with Gasteiger partial charge in [0.2, 0.25) is 0 Å². The maximum absolute atomic E-state index is 12.8. The number of carbonyl (C=O) groups is 2. The molecular formula is C80H128NO8P. The Hall–Kier alpha value is -5.15. The monoisotopic (exact) mass is 1260 g/mol. The molecule has 0 radical (unpaired) electrons. The van der Waals surface area contributed by atoms with Crippen molar-refractivity contribution < 1.29 is 42.1 Å². The molecule has 0 amide bonds. The third-order valence-corrected chi connectivity index (χ3v) is 15.1. The van der Waals surface area contributed by atoms with Crippen molar-refractivity contribution in [1.29, 1.82) is 0 Å². The number of nitrogens with zero attached hydrogens (tertiary/aromatic N) is 1. The van der Waals surface area contributed by atoms with Gasteiger partial charge in [-0.15, -0.1) is 0 Å². The van der Waals surface area contributed by atoms with Crippen LogP contribution >= 0.6 is 7.82 Å². The number of likely N-dealkylation sites (N-methyl/N-ethyl adjacent to an activating group) is 1. The molecule has 0 spiro atoms. The first-order valence-electron chi connectivity index (χ1n) is 35.1. The van der Waals surface area contributed by atoms with Crippen LogP contribution in [0, 0.1) is 0 Å². The highest BCUT2D eigenvalue weighted by Gasteiger charge is 2.22. The molecule has 0 aliphatic rings. The smallest absolute Gasteiger partial charge is 0.306 e. The summed E-state index contributed by atoms with van der Waals surface area (Å²) in [5.74, 6) is -0.897. The summed E-state index contributed by atoms with van der Waals surface area (Å²) in [6.45, 7) is 3.95. The van der Waals surface area contributed by atoms with E-state index in [0.29, 0.717) is 23.9 Å². The average molecular weight is 1260 g/mol. The van der Waals surface area contributed by atoms with Crippen molar-refractivity contribution in [3.63, 3.8) is 0 Å².